The molecule has 0 atom stereocenters. The van der Waals surface area contributed by atoms with E-state index in [9.17, 15) is 4.79 Å². The van der Waals surface area contributed by atoms with Gasteiger partial charge in [0.25, 0.3) is 0 Å². The van der Waals surface area contributed by atoms with Gasteiger partial charge >= 0.3 is 11.8 Å². The second kappa shape index (κ2) is 7.67. The van der Waals surface area contributed by atoms with Gasteiger partial charge in [0, 0.05) is 17.5 Å². The van der Waals surface area contributed by atoms with E-state index in [-0.39, 0.29) is 11.7 Å². The van der Waals surface area contributed by atoms with E-state index in [1.165, 1.54) is 0 Å². The number of hydrogen-bond donors (Lipinski definition) is 1. The first-order valence-electron chi connectivity index (χ1n) is 8.91. The number of furan rings is 1. The van der Waals surface area contributed by atoms with Gasteiger partial charge in [-0.3, -0.25) is 4.79 Å². The van der Waals surface area contributed by atoms with Crippen molar-refractivity contribution in [1.82, 2.24) is 15.5 Å². The van der Waals surface area contributed by atoms with Crippen molar-refractivity contribution < 1.29 is 23.2 Å². The number of methoxy groups -OCH3 is 2. The SMILES string of the molecule is COc1cccc(CNC(=O)c2nc(-c3oc4ccc(OC)cc4c3C)no2)c1. The number of aromatic nitrogens is 2. The lowest BCUT2D eigenvalue weighted by Gasteiger charge is -2.04. The van der Waals surface area contributed by atoms with Crippen molar-refractivity contribution in [1.29, 1.82) is 0 Å². The predicted octanol–water partition coefficient (Wildman–Crippen LogP) is 3.74. The van der Waals surface area contributed by atoms with Crippen LogP contribution in [0.3, 0.4) is 0 Å². The van der Waals surface area contributed by atoms with Crippen molar-refractivity contribution in [2.24, 2.45) is 0 Å². The van der Waals surface area contributed by atoms with Crippen LogP contribution in [0.5, 0.6) is 11.5 Å². The number of aryl methyl sites for hydroxylation is 1. The number of rotatable bonds is 6. The average Bonchev–Trinajstić information content (AvgIpc) is 3.37. The molecule has 1 amide bonds. The Morgan fingerprint density at radius 2 is 1.90 bits per heavy atom. The van der Waals surface area contributed by atoms with Crippen LogP contribution in [0.25, 0.3) is 22.6 Å². The standard InChI is InChI=1S/C21H19N3O5/c1-12-16-10-15(27-3)7-8-17(16)28-18(12)19-23-21(29-24-19)20(25)22-11-13-5-4-6-14(9-13)26-2/h4-10H,11H2,1-3H3,(H,22,25). The Balaban J connectivity index is 1.52. The highest BCUT2D eigenvalue weighted by Crippen LogP contribution is 2.33. The summed E-state index contributed by atoms with van der Waals surface area (Å²) in [5, 5.41) is 7.53. The Kier molecular flexibility index (Phi) is 4.90. The van der Waals surface area contributed by atoms with E-state index in [1.807, 2.05) is 49.4 Å². The van der Waals surface area contributed by atoms with Crippen LogP contribution in [-0.2, 0) is 6.54 Å². The number of fused-ring (bicyclic) bond motifs is 1. The highest BCUT2D eigenvalue weighted by molar-refractivity contribution is 5.91. The summed E-state index contributed by atoms with van der Waals surface area (Å²) in [5.74, 6) is 1.49. The Hall–Kier alpha value is -3.81. The zero-order valence-electron chi connectivity index (χ0n) is 16.2. The Morgan fingerprint density at radius 3 is 2.69 bits per heavy atom. The van der Waals surface area contributed by atoms with Gasteiger partial charge in [0.1, 0.15) is 17.1 Å². The molecule has 148 valence electrons. The molecule has 2 heterocycles. The molecule has 2 aromatic carbocycles. The molecular formula is C21H19N3O5. The van der Waals surface area contributed by atoms with Crippen molar-refractivity contribution in [3.05, 3.63) is 59.5 Å². The van der Waals surface area contributed by atoms with E-state index in [4.69, 9.17) is 18.4 Å². The monoisotopic (exact) mass is 393 g/mol. The number of amides is 1. The van der Waals surface area contributed by atoms with Crippen LogP contribution in [0.2, 0.25) is 0 Å². The first kappa shape index (κ1) is 18.5. The van der Waals surface area contributed by atoms with E-state index in [0.717, 1.165) is 22.3 Å². The van der Waals surface area contributed by atoms with Crippen molar-refractivity contribution in [2.45, 2.75) is 13.5 Å². The molecule has 8 heteroatoms. The fourth-order valence-corrected chi connectivity index (χ4v) is 2.99. The highest BCUT2D eigenvalue weighted by Gasteiger charge is 2.21. The van der Waals surface area contributed by atoms with E-state index >= 15 is 0 Å². The molecule has 0 aliphatic rings. The molecule has 0 aliphatic heterocycles. The van der Waals surface area contributed by atoms with Gasteiger partial charge in [-0.05, 0) is 42.8 Å². The summed E-state index contributed by atoms with van der Waals surface area (Å²) in [6.45, 7) is 2.19. The topological polar surface area (TPSA) is 99.6 Å². The maximum Gasteiger partial charge on any atom is 0.316 e. The van der Waals surface area contributed by atoms with Crippen molar-refractivity contribution in [3.8, 4) is 23.1 Å². The minimum atomic E-state index is -0.470. The maximum absolute atomic E-state index is 12.4. The largest absolute Gasteiger partial charge is 0.497 e. The van der Waals surface area contributed by atoms with Crippen molar-refractivity contribution in [3.63, 3.8) is 0 Å². The maximum atomic E-state index is 12.4. The van der Waals surface area contributed by atoms with Gasteiger partial charge in [0.15, 0.2) is 5.76 Å². The van der Waals surface area contributed by atoms with Crippen LogP contribution in [0, 0.1) is 6.92 Å². The van der Waals surface area contributed by atoms with Gasteiger partial charge in [-0.15, -0.1) is 0 Å². The van der Waals surface area contributed by atoms with Gasteiger partial charge in [0.2, 0.25) is 5.82 Å². The van der Waals surface area contributed by atoms with Crippen LogP contribution in [0.15, 0.2) is 51.4 Å². The smallest absolute Gasteiger partial charge is 0.316 e. The summed E-state index contributed by atoms with van der Waals surface area (Å²) in [7, 11) is 3.20. The summed E-state index contributed by atoms with van der Waals surface area (Å²) in [5.41, 5.74) is 2.40. The zero-order valence-corrected chi connectivity index (χ0v) is 16.2. The van der Waals surface area contributed by atoms with Gasteiger partial charge in [-0.25, -0.2) is 0 Å². The number of ether oxygens (including phenoxy) is 2. The molecule has 4 aromatic rings. The average molecular weight is 393 g/mol. The molecule has 8 nitrogen and oxygen atoms in total. The van der Waals surface area contributed by atoms with E-state index < -0.39 is 5.91 Å². The summed E-state index contributed by atoms with van der Waals surface area (Å²) in [4.78, 5) is 16.6. The molecule has 0 bridgehead atoms. The van der Waals surface area contributed by atoms with Crippen LogP contribution >= 0.6 is 0 Å². The normalized spacial score (nSPS) is 10.9. The first-order chi connectivity index (χ1) is 14.1. The highest BCUT2D eigenvalue weighted by atomic mass is 16.5. The van der Waals surface area contributed by atoms with Crippen LogP contribution in [0.4, 0.5) is 0 Å². The lowest BCUT2D eigenvalue weighted by atomic mass is 10.1. The number of carbonyl (C=O) groups excluding carboxylic acids is 1. The minimum Gasteiger partial charge on any atom is -0.497 e. The first-order valence-corrected chi connectivity index (χ1v) is 8.91. The number of nitrogens with zero attached hydrogens (tertiary/aromatic N) is 2. The fourth-order valence-electron chi connectivity index (χ4n) is 2.99. The number of carbonyl (C=O) groups is 1. The molecule has 0 saturated heterocycles. The fraction of sp³-hybridized carbons (Fsp3) is 0.190. The summed E-state index contributed by atoms with van der Waals surface area (Å²) in [6, 6.07) is 12.9. The van der Waals surface area contributed by atoms with Gasteiger partial charge < -0.3 is 23.7 Å². The molecule has 0 unspecified atom stereocenters. The number of hydrogen-bond acceptors (Lipinski definition) is 7. The molecule has 0 aliphatic carbocycles. The van der Waals surface area contributed by atoms with Crippen LogP contribution in [0.1, 0.15) is 21.8 Å². The molecule has 0 radical (unpaired) electrons. The number of nitrogens with one attached hydrogen (secondary N) is 1. The second-order valence-electron chi connectivity index (χ2n) is 6.38. The van der Waals surface area contributed by atoms with Crippen molar-refractivity contribution in [2.75, 3.05) is 14.2 Å². The molecule has 0 saturated carbocycles. The molecule has 0 fully saturated rings. The van der Waals surface area contributed by atoms with E-state index in [0.29, 0.717) is 23.6 Å². The Bertz CT molecular complexity index is 1180. The Morgan fingerprint density at radius 1 is 1.10 bits per heavy atom. The predicted molar refractivity (Wildman–Crippen MR) is 105 cm³/mol. The van der Waals surface area contributed by atoms with Gasteiger partial charge in [0.05, 0.1) is 14.2 Å². The summed E-state index contributed by atoms with van der Waals surface area (Å²) >= 11 is 0. The molecule has 1 N–H and O–H groups in total. The quantitative estimate of drug-likeness (QED) is 0.533. The lowest BCUT2D eigenvalue weighted by Crippen LogP contribution is -2.23. The van der Waals surface area contributed by atoms with Crippen LogP contribution in [-0.4, -0.2) is 30.3 Å². The zero-order chi connectivity index (χ0) is 20.4. The molecule has 29 heavy (non-hydrogen) atoms. The second-order valence-corrected chi connectivity index (χ2v) is 6.38. The lowest BCUT2D eigenvalue weighted by molar-refractivity contribution is 0.0907. The third-order valence-corrected chi connectivity index (χ3v) is 4.55. The van der Waals surface area contributed by atoms with Crippen LogP contribution < -0.4 is 14.8 Å². The summed E-state index contributed by atoms with van der Waals surface area (Å²) in [6.07, 6.45) is 0. The third kappa shape index (κ3) is 3.64. The minimum absolute atomic E-state index is 0.139. The third-order valence-electron chi connectivity index (χ3n) is 4.55. The molecule has 2 aromatic heterocycles. The molecule has 4 rings (SSSR count). The molecule has 0 spiro atoms. The Labute approximate surface area is 166 Å². The van der Waals surface area contributed by atoms with Crippen molar-refractivity contribution >= 4 is 16.9 Å². The summed E-state index contributed by atoms with van der Waals surface area (Å²) < 4.78 is 21.4. The number of benzene rings is 2. The van der Waals surface area contributed by atoms with Gasteiger partial charge in [-0.2, -0.15) is 4.98 Å². The van der Waals surface area contributed by atoms with E-state index in [2.05, 4.69) is 15.5 Å². The van der Waals surface area contributed by atoms with Gasteiger partial charge in [-0.1, -0.05) is 17.3 Å². The van der Waals surface area contributed by atoms with E-state index in [1.54, 1.807) is 14.2 Å². The molecular weight excluding hydrogens is 374 g/mol.